The van der Waals surface area contributed by atoms with E-state index in [1.54, 1.807) is 52.0 Å². The molecule has 2 rings (SSSR count). The average molecular weight is 423 g/mol. The van der Waals surface area contributed by atoms with Crippen LogP contribution < -0.4 is 5.32 Å². The van der Waals surface area contributed by atoms with Crippen LogP contribution in [0, 0.1) is 25.2 Å². The van der Waals surface area contributed by atoms with Gasteiger partial charge in [-0.2, -0.15) is 10.4 Å². The van der Waals surface area contributed by atoms with Gasteiger partial charge in [0.1, 0.15) is 11.6 Å². The first-order chi connectivity index (χ1) is 11.6. The van der Waals surface area contributed by atoms with Gasteiger partial charge in [-0.3, -0.25) is 0 Å². The molecule has 132 valence electrons. The molecule has 1 N–H and O–H groups in total. The Morgan fingerprint density at radius 1 is 1.20 bits per heavy atom. The summed E-state index contributed by atoms with van der Waals surface area (Å²) in [7, 11) is -3.58. The summed E-state index contributed by atoms with van der Waals surface area (Å²) in [4.78, 5) is 0.245. The first kappa shape index (κ1) is 19.3. The zero-order valence-corrected chi connectivity index (χ0v) is 16.9. The van der Waals surface area contributed by atoms with Gasteiger partial charge in [0.15, 0.2) is 15.7 Å². The van der Waals surface area contributed by atoms with E-state index in [0.717, 1.165) is 10.0 Å². The molecule has 0 bridgehead atoms. The number of aryl methyl sites for hydroxylation is 1. The van der Waals surface area contributed by atoms with Crippen LogP contribution in [-0.4, -0.2) is 29.9 Å². The third-order valence-corrected chi connectivity index (χ3v) is 7.12. The number of hydrogen-bond acceptors (Lipinski definition) is 6. The van der Waals surface area contributed by atoms with Crippen LogP contribution in [0.5, 0.6) is 0 Å². The Hall–Kier alpha value is -1.98. The zero-order valence-electron chi connectivity index (χ0n) is 14.5. The molecule has 1 heterocycles. The Kier molecular flexibility index (Phi) is 5.49. The Balaban J connectivity index is 2.29. The third-order valence-electron chi connectivity index (χ3n) is 4.10. The summed E-state index contributed by atoms with van der Waals surface area (Å²) in [6, 6.07) is 8.62. The van der Waals surface area contributed by atoms with E-state index in [9.17, 15) is 13.7 Å². The maximum absolute atomic E-state index is 12.9. The van der Waals surface area contributed by atoms with Crippen LogP contribution in [0.1, 0.15) is 30.7 Å². The topological polar surface area (TPSA) is 95.7 Å². The highest BCUT2D eigenvalue weighted by Crippen LogP contribution is 2.27. The van der Waals surface area contributed by atoms with Crippen LogP contribution in [0.2, 0.25) is 0 Å². The van der Waals surface area contributed by atoms with Crippen molar-refractivity contribution in [1.82, 2.24) is 10.2 Å². The van der Waals surface area contributed by atoms with Crippen LogP contribution >= 0.6 is 15.9 Å². The Bertz CT molecular complexity index is 932. The molecule has 0 saturated carbocycles. The monoisotopic (exact) mass is 422 g/mol. The lowest BCUT2D eigenvalue weighted by Crippen LogP contribution is -2.39. The van der Waals surface area contributed by atoms with E-state index in [4.69, 9.17) is 0 Å². The minimum atomic E-state index is -3.58. The van der Waals surface area contributed by atoms with Crippen LogP contribution in [0.4, 0.5) is 5.82 Å². The first-order valence-corrected chi connectivity index (χ1v) is 9.86. The SMILES string of the molecule is Cc1nnc(NCC(C)(C)S(=O)(=O)c2ccc(Br)cc2)c(C#N)c1C. The molecular formula is C17H19BrN4O2S. The predicted molar refractivity (Wildman–Crippen MR) is 100 cm³/mol. The van der Waals surface area contributed by atoms with Crippen molar-refractivity contribution >= 4 is 31.6 Å². The lowest BCUT2D eigenvalue weighted by Gasteiger charge is -2.25. The molecule has 0 aliphatic rings. The smallest absolute Gasteiger partial charge is 0.185 e. The van der Waals surface area contributed by atoms with Crippen LogP contribution in [0.25, 0.3) is 0 Å². The number of rotatable bonds is 5. The van der Waals surface area contributed by atoms with Crippen molar-refractivity contribution in [3.8, 4) is 6.07 Å². The number of aromatic nitrogens is 2. The normalized spacial score (nSPS) is 11.8. The molecule has 0 aliphatic heterocycles. The third kappa shape index (κ3) is 3.83. The van der Waals surface area contributed by atoms with E-state index in [0.29, 0.717) is 17.1 Å². The summed E-state index contributed by atoms with van der Waals surface area (Å²) in [5, 5.41) is 20.3. The molecule has 0 fully saturated rings. The van der Waals surface area contributed by atoms with E-state index in [1.807, 2.05) is 0 Å². The number of hydrogen-bond donors (Lipinski definition) is 1. The van der Waals surface area contributed by atoms with E-state index >= 15 is 0 Å². The fourth-order valence-corrected chi connectivity index (χ4v) is 3.85. The fourth-order valence-electron chi connectivity index (χ4n) is 2.19. The minimum Gasteiger partial charge on any atom is -0.366 e. The molecule has 6 nitrogen and oxygen atoms in total. The molecule has 1 aromatic carbocycles. The molecule has 0 atom stereocenters. The maximum Gasteiger partial charge on any atom is 0.185 e. The van der Waals surface area contributed by atoms with Crippen molar-refractivity contribution in [1.29, 1.82) is 5.26 Å². The summed E-state index contributed by atoms with van der Waals surface area (Å²) >= 11 is 3.30. The van der Waals surface area contributed by atoms with Gasteiger partial charge in [0, 0.05) is 11.0 Å². The number of nitrogens with one attached hydrogen (secondary N) is 1. The Labute approximate surface area is 156 Å². The van der Waals surface area contributed by atoms with Crippen molar-refractivity contribution in [3.63, 3.8) is 0 Å². The van der Waals surface area contributed by atoms with Gasteiger partial charge in [-0.1, -0.05) is 15.9 Å². The molecule has 0 amide bonds. The van der Waals surface area contributed by atoms with E-state index < -0.39 is 14.6 Å². The van der Waals surface area contributed by atoms with Crippen molar-refractivity contribution in [3.05, 3.63) is 45.6 Å². The van der Waals surface area contributed by atoms with E-state index in [2.05, 4.69) is 37.5 Å². The van der Waals surface area contributed by atoms with Crippen molar-refractivity contribution in [2.24, 2.45) is 0 Å². The number of nitrogens with zero attached hydrogens (tertiary/aromatic N) is 3. The second-order valence-corrected chi connectivity index (χ2v) is 9.82. The van der Waals surface area contributed by atoms with Gasteiger partial charge in [-0.05, 0) is 57.5 Å². The average Bonchev–Trinajstić information content (AvgIpc) is 2.56. The highest BCUT2D eigenvalue weighted by molar-refractivity contribution is 9.10. The molecule has 25 heavy (non-hydrogen) atoms. The quantitative estimate of drug-likeness (QED) is 0.792. The number of anilines is 1. The second kappa shape index (κ2) is 7.10. The highest BCUT2D eigenvalue weighted by atomic mass is 79.9. The Morgan fingerprint density at radius 2 is 1.80 bits per heavy atom. The molecule has 0 unspecified atom stereocenters. The number of benzene rings is 1. The van der Waals surface area contributed by atoms with Crippen molar-refractivity contribution in [2.75, 3.05) is 11.9 Å². The van der Waals surface area contributed by atoms with Gasteiger partial charge in [0.2, 0.25) is 0 Å². The van der Waals surface area contributed by atoms with Gasteiger partial charge in [-0.25, -0.2) is 8.42 Å². The van der Waals surface area contributed by atoms with E-state index in [-0.39, 0.29) is 11.4 Å². The Morgan fingerprint density at radius 3 is 2.36 bits per heavy atom. The van der Waals surface area contributed by atoms with Gasteiger partial charge in [0.25, 0.3) is 0 Å². The lowest BCUT2D eigenvalue weighted by atomic mass is 10.1. The molecule has 0 radical (unpaired) electrons. The molecule has 1 aromatic heterocycles. The van der Waals surface area contributed by atoms with Crippen LogP contribution in [0.15, 0.2) is 33.6 Å². The summed E-state index contributed by atoms with van der Waals surface area (Å²) in [6.07, 6.45) is 0. The van der Waals surface area contributed by atoms with Crippen molar-refractivity contribution in [2.45, 2.75) is 37.3 Å². The number of sulfone groups is 1. The molecule has 8 heteroatoms. The molecule has 2 aromatic rings. The summed E-state index contributed by atoms with van der Waals surface area (Å²) in [5.41, 5.74) is 1.78. The minimum absolute atomic E-state index is 0.0945. The maximum atomic E-state index is 12.9. The summed E-state index contributed by atoms with van der Waals surface area (Å²) in [6.45, 7) is 6.93. The summed E-state index contributed by atoms with van der Waals surface area (Å²) in [5.74, 6) is 0.296. The van der Waals surface area contributed by atoms with Gasteiger partial charge in [-0.15, -0.1) is 5.10 Å². The first-order valence-electron chi connectivity index (χ1n) is 7.58. The van der Waals surface area contributed by atoms with Gasteiger partial charge >= 0.3 is 0 Å². The standard InChI is InChI=1S/C17H19BrN4O2S/c1-11-12(2)21-22-16(15(11)9-19)20-10-17(3,4)25(23,24)14-7-5-13(18)6-8-14/h5-8H,10H2,1-4H3,(H,20,22). The lowest BCUT2D eigenvalue weighted by molar-refractivity contribution is 0.553. The molecule has 0 aliphatic carbocycles. The van der Waals surface area contributed by atoms with Crippen LogP contribution in [-0.2, 0) is 9.84 Å². The molecular weight excluding hydrogens is 404 g/mol. The highest BCUT2D eigenvalue weighted by Gasteiger charge is 2.36. The largest absolute Gasteiger partial charge is 0.366 e. The second-order valence-electron chi connectivity index (χ2n) is 6.32. The number of halogens is 1. The van der Waals surface area contributed by atoms with Crippen molar-refractivity contribution < 1.29 is 8.42 Å². The fraction of sp³-hybridized carbons (Fsp3) is 0.353. The number of nitriles is 1. The zero-order chi connectivity index (χ0) is 18.8. The molecule has 0 saturated heterocycles. The molecule has 0 spiro atoms. The predicted octanol–water partition coefficient (Wildman–Crippen LogP) is 3.39. The van der Waals surface area contributed by atoms with Crippen LogP contribution in [0.3, 0.4) is 0 Å². The van der Waals surface area contributed by atoms with Gasteiger partial charge in [0.05, 0.1) is 15.3 Å². The van der Waals surface area contributed by atoms with E-state index in [1.165, 1.54) is 0 Å². The summed E-state index contributed by atoms with van der Waals surface area (Å²) < 4.78 is 25.5. The van der Waals surface area contributed by atoms with Gasteiger partial charge < -0.3 is 5.32 Å².